The molecule has 0 saturated carbocycles. The van der Waals surface area contributed by atoms with Crippen LogP contribution in [0.25, 0.3) is 11.1 Å². The van der Waals surface area contributed by atoms with Gasteiger partial charge in [0.25, 0.3) is 0 Å². The number of carbonyl (C=O) groups excluding carboxylic acids is 1. The maximum atomic E-state index is 13.0. The van der Waals surface area contributed by atoms with Crippen molar-refractivity contribution in [1.29, 1.82) is 0 Å². The summed E-state index contributed by atoms with van der Waals surface area (Å²) in [4.78, 5) is 16.6. The topological polar surface area (TPSA) is 17.1 Å². The lowest BCUT2D eigenvalue weighted by Gasteiger charge is -2.28. The molecule has 27 heavy (non-hydrogen) atoms. The van der Waals surface area contributed by atoms with Crippen molar-refractivity contribution < 1.29 is 4.79 Å². The van der Waals surface area contributed by atoms with E-state index in [9.17, 15) is 4.79 Å². The molecule has 0 bridgehead atoms. The summed E-state index contributed by atoms with van der Waals surface area (Å²) in [5, 5.41) is 0. The normalized spacial score (nSPS) is 20.3. The fourth-order valence-electron chi connectivity index (χ4n) is 3.76. The van der Waals surface area contributed by atoms with Crippen molar-refractivity contribution in [2.24, 2.45) is 5.92 Å². The van der Waals surface area contributed by atoms with Gasteiger partial charge in [0.2, 0.25) is 0 Å². The lowest BCUT2D eigenvalue weighted by atomic mass is 9.91. The number of benzene rings is 3. The van der Waals surface area contributed by atoms with Gasteiger partial charge in [0.15, 0.2) is 5.78 Å². The predicted molar refractivity (Wildman–Crippen MR) is 114 cm³/mol. The fraction of sp³-hybridized carbons (Fsp3) is 0.0400. The van der Waals surface area contributed by atoms with Crippen molar-refractivity contribution in [2.75, 3.05) is 0 Å². The van der Waals surface area contributed by atoms with E-state index in [1.165, 1.54) is 20.9 Å². The van der Waals surface area contributed by atoms with Crippen LogP contribution in [0.4, 0.5) is 0 Å². The number of allylic oxidation sites excluding steroid dienone is 4. The molecule has 0 fully saturated rings. The molecule has 0 spiro atoms. The van der Waals surface area contributed by atoms with E-state index in [2.05, 4.69) is 60.7 Å². The minimum Gasteiger partial charge on any atom is -0.293 e. The summed E-state index contributed by atoms with van der Waals surface area (Å²) in [6.45, 7) is 0. The monoisotopic (exact) mass is 366 g/mol. The maximum Gasteiger partial charge on any atom is 0.175 e. The average Bonchev–Trinajstić information content (AvgIpc) is 2.75. The summed E-state index contributed by atoms with van der Waals surface area (Å²) in [5.41, 5.74) is 3.30. The zero-order chi connectivity index (χ0) is 18.2. The molecule has 2 atom stereocenters. The number of hydrogen-bond donors (Lipinski definition) is 0. The van der Waals surface area contributed by atoms with Gasteiger partial charge >= 0.3 is 0 Å². The van der Waals surface area contributed by atoms with E-state index < -0.39 is 0 Å². The molecule has 0 N–H and O–H groups in total. The van der Waals surface area contributed by atoms with Crippen LogP contribution in [0.3, 0.4) is 0 Å². The molecule has 2 heteroatoms. The highest BCUT2D eigenvalue weighted by atomic mass is 32.2. The second-order valence-electron chi connectivity index (χ2n) is 6.68. The largest absolute Gasteiger partial charge is 0.293 e. The number of fused-ring (bicyclic) bond motifs is 2. The van der Waals surface area contributed by atoms with Crippen LogP contribution in [0, 0.1) is 5.92 Å². The smallest absolute Gasteiger partial charge is 0.175 e. The molecular weight excluding hydrogens is 348 g/mol. The van der Waals surface area contributed by atoms with Crippen LogP contribution in [0.15, 0.2) is 113 Å². The van der Waals surface area contributed by atoms with Gasteiger partial charge in [-0.1, -0.05) is 85.0 Å². The molecule has 3 aromatic rings. The molecule has 5 rings (SSSR count). The Morgan fingerprint density at radius 3 is 2.22 bits per heavy atom. The first kappa shape index (κ1) is 16.2. The molecular formula is C25H18OS. The summed E-state index contributed by atoms with van der Waals surface area (Å²) >= 11 is 0. The molecule has 0 aromatic heterocycles. The summed E-state index contributed by atoms with van der Waals surface area (Å²) < 4.78 is 0. The second-order valence-corrected chi connectivity index (χ2v) is 8.68. The molecule has 2 aliphatic rings. The van der Waals surface area contributed by atoms with Crippen LogP contribution in [0.1, 0.15) is 10.4 Å². The molecule has 1 heterocycles. The summed E-state index contributed by atoms with van der Waals surface area (Å²) in [5.74, 6) is 0.0767. The van der Waals surface area contributed by atoms with Crippen LogP contribution < -0.4 is 0 Å². The zero-order valence-corrected chi connectivity index (χ0v) is 15.5. The first-order valence-corrected chi connectivity index (χ1v) is 10.3. The lowest BCUT2D eigenvalue weighted by Crippen LogP contribution is -2.27. The van der Waals surface area contributed by atoms with E-state index in [-0.39, 0.29) is 22.2 Å². The van der Waals surface area contributed by atoms with Crippen LogP contribution in [0.2, 0.25) is 0 Å². The quantitative estimate of drug-likeness (QED) is 0.497. The molecule has 3 aromatic carbocycles. The van der Waals surface area contributed by atoms with E-state index in [0.29, 0.717) is 0 Å². The molecule has 2 unspecified atom stereocenters. The van der Waals surface area contributed by atoms with Gasteiger partial charge in [-0.15, -0.1) is 10.5 Å². The maximum absolute atomic E-state index is 13.0. The third kappa shape index (κ3) is 2.73. The zero-order valence-electron chi connectivity index (χ0n) is 14.7. The highest BCUT2D eigenvalue weighted by Crippen LogP contribution is 2.46. The van der Waals surface area contributed by atoms with Crippen LogP contribution in [0.5, 0.6) is 0 Å². The van der Waals surface area contributed by atoms with Gasteiger partial charge in [-0.05, 0) is 34.2 Å². The van der Waals surface area contributed by atoms with Crippen molar-refractivity contribution in [3.05, 3.63) is 109 Å². The third-order valence-electron chi connectivity index (χ3n) is 5.07. The van der Waals surface area contributed by atoms with Crippen molar-refractivity contribution >= 4 is 21.1 Å². The van der Waals surface area contributed by atoms with E-state index >= 15 is 0 Å². The van der Waals surface area contributed by atoms with Gasteiger partial charge in [0, 0.05) is 15.4 Å². The van der Waals surface area contributed by atoms with Gasteiger partial charge in [0.05, 0.1) is 5.92 Å². The SMILES string of the molecule is O=C1c2ccccc2S(c2ccc(-c3ccccc3)cc2)=C2C=CC=CC12. The first-order chi connectivity index (χ1) is 13.3. The van der Waals surface area contributed by atoms with Gasteiger partial charge in [-0.25, -0.2) is 0 Å². The molecule has 0 amide bonds. The highest BCUT2D eigenvalue weighted by Gasteiger charge is 2.32. The Kier molecular flexibility index (Phi) is 3.99. The predicted octanol–water partition coefficient (Wildman–Crippen LogP) is 6.15. The molecule has 1 nitrogen and oxygen atoms in total. The van der Waals surface area contributed by atoms with Gasteiger partial charge < -0.3 is 0 Å². The van der Waals surface area contributed by atoms with Crippen molar-refractivity contribution in [3.8, 4) is 11.1 Å². The van der Waals surface area contributed by atoms with Crippen molar-refractivity contribution in [3.63, 3.8) is 0 Å². The highest BCUT2D eigenvalue weighted by molar-refractivity contribution is 8.16. The molecule has 1 aliphatic carbocycles. The van der Waals surface area contributed by atoms with E-state index in [1.807, 2.05) is 42.5 Å². The van der Waals surface area contributed by atoms with E-state index in [0.717, 1.165) is 10.5 Å². The van der Waals surface area contributed by atoms with Crippen molar-refractivity contribution in [1.82, 2.24) is 0 Å². The van der Waals surface area contributed by atoms with Gasteiger partial charge in [-0.3, -0.25) is 4.79 Å². The van der Waals surface area contributed by atoms with E-state index in [1.54, 1.807) is 0 Å². The van der Waals surface area contributed by atoms with Gasteiger partial charge in [-0.2, -0.15) is 0 Å². The second kappa shape index (κ2) is 6.64. The number of Topliss-reactive ketones (excluding diaryl/α,β-unsaturated/α-hetero) is 1. The van der Waals surface area contributed by atoms with Crippen LogP contribution in [-0.2, 0) is 0 Å². The Hall–Kier alpha value is -2.97. The Labute approximate surface area is 161 Å². The summed E-state index contributed by atoms with van der Waals surface area (Å²) in [7, 11) is -0.227. The van der Waals surface area contributed by atoms with Gasteiger partial charge in [0.1, 0.15) is 0 Å². The molecule has 0 radical (unpaired) electrons. The van der Waals surface area contributed by atoms with Crippen molar-refractivity contribution in [2.45, 2.75) is 9.79 Å². The Morgan fingerprint density at radius 2 is 1.41 bits per heavy atom. The minimum absolute atomic E-state index is 0.137. The Bertz CT molecular complexity index is 1120. The third-order valence-corrected chi connectivity index (χ3v) is 7.47. The number of ketones is 1. The minimum atomic E-state index is -0.227. The fourth-order valence-corrected chi connectivity index (χ4v) is 6.20. The Balaban J connectivity index is 1.67. The van der Waals surface area contributed by atoms with E-state index in [4.69, 9.17) is 0 Å². The van der Waals surface area contributed by atoms with Crippen LogP contribution in [-0.4, -0.2) is 10.6 Å². The molecule has 130 valence electrons. The standard InChI is InChI=1S/C25H18OS/c26-25-21-10-4-6-12-23(21)27(24-13-7-5-11-22(24)25)20-16-14-19(15-17-20)18-8-2-1-3-9-18/h1-17,21H. The molecule has 0 saturated heterocycles. The first-order valence-electron chi connectivity index (χ1n) is 9.08. The Morgan fingerprint density at radius 1 is 0.704 bits per heavy atom. The molecule has 1 aliphatic heterocycles. The average molecular weight is 366 g/mol. The number of carbonyl (C=O) groups is 1. The number of hydrogen-bond acceptors (Lipinski definition) is 1. The number of rotatable bonds is 2. The van der Waals surface area contributed by atoms with Crippen LogP contribution >= 0.6 is 10.5 Å². The lowest BCUT2D eigenvalue weighted by molar-refractivity contribution is 0.0969. The summed E-state index contributed by atoms with van der Waals surface area (Å²) in [6, 6.07) is 27.3. The summed E-state index contributed by atoms with van der Waals surface area (Å²) in [6.07, 6.45) is 8.20.